The van der Waals surface area contributed by atoms with Gasteiger partial charge < -0.3 is 19.4 Å². The fraction of sp³-hybridized carbons (Fsp3) is 0.500. The van der Waals surface area contributed by atoms with Gasteiger partial charge in [0.2, 0.25) is 0 Å². The van der Waals surface area contributed by atoms with E-state index in [4.69, 9.17) is 14.7 Å². The molecular weight excluding hydrogens is 328 g/mol. The van der Waals surface area contributed by atoms with E-state index < -0.39 is 0 Å². The molecule has 0 bridgehead atoms. The van der Waals surface area contributed by atoms with Crippen LogP contribution in [0.5, 0.6) is 5.75 Å². The molecule has 0 amide bonds. The number of aromatic nitrogens is 2. The fourth-order valence-electron chi connectivity index (χ4n) is 3.55. The van der Waals surface area contributed by atoms with Crippen LogP contribution < -0.4 is 10.1 Å². The normalized spacial score (nSPS) is 16.2. The van der Waals surface area contributed by atoms with Gasteiger partial charge in [0.05, 0.1) is 18.7 Å². The molecule has 138 valence electrons. The van der Waals surface area contributed by atoms with E-state index in [0.717, 1.165) is 44.0 Å². The van der Waals surface area contributed by atoms with E-state index in [1.54, 1.807) is 7.11 Å². The van der Waals surface area contributed by atoms with Crippen LogP contribution in [0, 0.1) is 17.2 Å². The van der Waals surface area contributed by atoms with E-state index in [9.17, 15) is 0 Å². The number of hydrogen-bond acceptors (Lipinski definition) is 5. The van der Waals surface area contributed by atoms with Crippen molar-refractivity contribution in [1.82, 2.24) is 14.9 Å². The Morgan fingerprint density at radius 3 is 2.92 bits per heavy atom. The quantitative estimate of drug-likeness (QED) is 0.827. The minimum atomic E-state index is 0.176. The summed E-state index contributed by atoms with van der Waals surface area (Å²) in [5.74, 6) is 2.20. The second kappa shape index (κ2) is 8.84. The van der Waals surface area contributed by atoms with E-state index in [1.165, 1.54) is 0 Å². The van der Waals surface area contributed by atoms with Gasteiger partial charge in [-0.2, -0.15) is 5.26 Å². The number of nitriles is 1. The van der Waals surface area contributed by atoms with Crippen molar-refractivity contribution in [3.63, 3.8) is 0 Å². The zero-order valence-corrected chi connectivity index (χ0v) is 15.4. The van der Waals surface area contributed by atoms with Crippen molar-refractivity contribution in [3.05, 3.63) is 47.5 Å². The minimum absolute atomic E-state index is 0.176. The lowest BCUT2D eigenvalue weighted by Crippen LogP contribution is -2.34. The van der Waals surface area contributed by atoms with Gasteiger partial charge in [0.25, 0.3) is 0 Å². The van der Waals surface area contributed by atoms with Gasteiger partial charge in [-0.3, -0.25) is 0 Å². The Labute approximate surface area is 154 Å². The summed E-state index contributed by atoms with van der Waals surface area (Å²) in [5.41, 5.74) is 1.64. The molecule has 0 unspecified atom stereocenters. The third-order valence-corrected chi connectivity index (χ3v) is 5.02. The standard InChI is InChI=1S/C20H26N4O2/c1-3-24-9-8-22-20(24)19(16-6-10-26-11-7-16)23-14-15-4-5-17(13-21)18(12-15)25-2/h4-5,8-9,12,16,19,23H,3,6-7,10-11,14H2,1-2H3/t19-/m1/s1. The SMILES string of the molecule is CCn1ccnc1[C@H](NCc1ccc(C#N)c(OC)c1)C1CCOCC1. The first-order valence-electron chi connectivity index (χ1n) is 9.16. The summed E-state index contributed by atoms with van der Waals surface area (Å²) in [4.78, 5) is 4.63. The first-order chi connectivity index (χ1) is 12.8. The predicted octanol–water partition coefficient (Wildman–Crippen LogP) is 3.04. The van der Waals surface area contributed by atoms with E-state index in [2.05, 4.69) is 27.9 Å². The number of aryl methyl sites for hydroxylation is 1. The van der Waals surface area contributed by atoms with E-state index in [0.29, 0.717) is 23.8 Å². The summed E-state index contributed by atoms with van der Waals surface area (Å²) in [5, 5.41) is 12.8. The average molecular weight is 354 g/mol. The molecule has 0 spiro atoms. The summed E-state index contributed by atoms with van der Waals surface area (Å²) in [6.07, 6.45) is 5.97. The van der Waals surface area contributed by atoms with Crippen LogP contribution in [0.1, 0.15) is 42.8 Å². The Hall–Kier alpha value is -2.36. The van der Waals surface area contributed by atoms with Crippen LogP contribution in [0.3, 0.4) is 0 Å². The lowest BCUT2D eigenvalue weighted by molar-refractivity contribution is 0.0517. The largest absolute Gasteiger partial charge is 0.495 e. The highest BCUT2D eigenvalue weighted by atomic mass is 16.5. The van der Waals surface area contributed by atoms with Crippen LogP contribution in [0.25, 0.3) is 0 Å². The van der Waals surface area contributed by atoms with Crippen LogP contribution in [-0.2, 0) is 17.8 Å². The molecule has 0 radical (unpaired) electrons. The van der Waals surface area contributed by atoms with Crippen LogP contribution in [0.2, 0.25) is 0 Å². The van der Waals surface area contributed by atoms with Gasteiger partial charge in [-0.05, 0) is 43.4 Å². The Morgan fingerprint density at radius 2 is 2.23 bits per heavy atom. The summed E-state index contributed by atoms with van der Waals surface area (Å²) >= 11 is 0. The molecule has 26 heavy (non-hydrogen) atoms. The number of imidazole rings is 1. The first-order valence-corrected chi connectivity index (χ1v) is 9.16. The summed E-state index contributed by atoms with van der Waals surface area (Å²) < 4.78 is 13.1. The number of nitrogens with zero attached hydrogens (tertiary/aromatic N) is 3. The molecule has 6 nitrogen and oxygen atoms in total. The zero-order valence-electron chi connectivity index (χ0n) is 15.4. The molecule has 1 atom stereocenters. The number of rotatable bonds is 7. The number of benzene rings is 1. The highest BCUT2D eigenvalue weighted by molar-refractivity contribution is 5.45. The molecule has 6 heteroatoms. The summed E-state index contributed by atoms with van der Waals surface area (Å²) in [7, 11) is 1.59. The Morgan fingerprint density at radius 1 is 1.42 bits per heavy atom. The highest BCUT2D eigenvalue weighted by Crippen LogP contribution is 2.30. The van der Waals surface area contributed by atoms with Gasteiger partial charge in [0.1, 0.15) is 17.6 Å². The maximum atomic E-state index is 9.14. The monoisotopic (exact) mass is 354 g/mol. The van der Waals surface area contributed by atoms with Crippen molar-refractivity contribution >= 4 is 0 Å². The third-order valence-electron chi connectivity index (χ3n) is 5.02. The lowest BCUT2D eigenvalue weighted by Gasteiger charge is -2.31. The van der Waals surface area contributed by atoms with E-state index in [-0.39, 0.29) is 6.04 Å². The Bertz CT molecular complexity index is 759. The second-order valence-electron chi connectivity index (χ2n) is 6.53. The van der Waals surface area contributed by atoms with Gasteiger partial charge in [0.15, 0.2) is 0 Å². The van der Waals surface area contributed by atoms with Gasteiger partial charge in [-0.25, -0.2) is 4.98 Å². The van der Waals surface area contributed by atoms with Gasteiger partial charge in [-0.15, -0.1) is 0 Å². The number of hydrogen-bond donors (Lipinski definition) is 1. The number of ether oxygens (including phenoxy) is 2. The Balaban J connectivity index is 1.79. The van der Waals surface area contributed by atoms with Crippen LogP contribution in [-0.4, -0.2) is 29.9 Å². The first kappa shape index (κ1) is 18.4. The summed E-state index contributed by atoms with van der Waals surface area (Å²) in [6, 6.07) is 8.05. The van der Waals surface area contributed by atoms with Crippen molar-refractivity contribution in [3.8, 4) is 11.8 Å². The molecule has 1 aliphatic rings. The number of methoxy groups -OCH3 is 1. The topological polar surface area (TPSA) is 72.1 Å². The molecule has 0 saturated carbocycles. The molecule has 0 aliphatic carbocycles. The zero-order chi connectivity index (χ0) is 18.4. The minimum Gasteiger partial charge on any atom is -0.495 e. The Kier molecular flexibility index (Phi) is 6.26. The van der Waals surface area contributed by atoms with Crippen LogP contribution >= 0.6 is 0 Å². The van der Waals surface area contributed by atoms with Gasteiger partial charge in [-0.1, -0.05) is 6.07 Å². The van der Waals surface area contributed by atoms with Crippen LogP contribution in [0.4, 0.5) is 0 Å². The maximum Gasteiger partial charge on any atom is 0.136 e. The van der Waals surface area contributed by atoms with Crippen molar-refractivity contribution in [1.29, 1.82) is 5.26 Å². The lowest BCUT2D eigenvalue weighted by atomic mass is 9.90. The van der Waals surface area contributed by atoms with Crippen molar-refractivity contribution in [2.45, 2.75) is 38.9 Å². The molecule has 2 aromatic rings. The average Bonchev–Trinajstić information content (AvgIpc) is 3.17. The molecule has 1 N–H and O–H groups in total. The van der Waals surface area contributed by atoms with Crippen LogP contribution in [0.15, 0.2) is 30.6 Å². The molecule has 1 saturated heterocycles. The molecule has 2 heterocycles. The third kappa shape index (κ3) is 4.06. The molecule has 3 rings (SSSR count). The van der Waals surface area contributed by atoms with Crippen molar-refractivity contribution in [2.24, 2.45) is 5.92 Å². The van der Waals surface area contributed by atoms with Crippen molar-refractivity contribution in [2.75, 3.05) is 20.3 Å². The van der Waals surface area contributed by atoms with E-state index in [1.807, 2.05) is 30.6 Å². The van der Waals surface area contributed by atoms with Gasteiger partial charge in [0, 0.05) is 38.7 Å². The maximum absolute atomic E-state index is 9.14. The molecule has 1 fully saturated rings. The highest BCUT2D eigenvalue weighted by Gasteiger charge is 2.28. The molecular formula is C20H26N4O2. The fourth-order valence-corrected chi connectivity index (χ4v) is 3.55. The smallest absolute Gasteiger partial charge is 0.136 e. The molecule has 1 aromatic heterocycles. The second-order valence-corrected chi connectivity index (χ2v) is 6.53. The van der Waals surface area contributed by atoms with E-state index >= 15 is 0 Å². The van der Waals surface area contributed by atoms with Crippen molar-refractivity contribution < 1.29 is 9.47 Å². The number of nitrogens with one attached hydrogen (secondary N) is 1. The molecule has 1 aromatic carbocycles. The van der Waals surface area contributed by atoms with Gasteiger partial charge >= 0.3 is 0 Å². The predicted molar refractivity (Wildman–Crippen MR) is 98.7 cm³/mol. The summed E-state index contributed by atoms with van der Waals surface area (Å²) in [6.45, 7) is 5.35. The molecule has 1 aliphatic heterocycles.